The number of para-hydroxylation sites is 1. The number of hydrogen-bond acceptors (Lipinski definition) is 3. The van der Waals surface area contributed by atoms with Gasteiger partial charge in [0.05, 0.1) is 12.1 Å². The first-order valence-corrected chi connectivity index (χ1v) is 10.3. The zero-order chi connectivity index (χ0) is 19.4. The molecule has 1 aliphatic heterocycles. The molecule has 1 fully saturated rings. The molecule has 0 spiro atoms. The minimum Gasteiger partial charge on any atom is -0.376 e. The van der Waals surface area contributed by atoms with Crippen LogP contribution in [-0.2, 0) is 20.7 Å². The lowest BCUT2D eigenvalue weighted by molar-refractivity contribution is -0.127. The summed E-state index contributed by atoms with van der Waals surface area (Å²) in [5.41, 5.74) is 1.92. The predicted octanol–water partition coefficient (Wildman–Crippen LogP) is 3.45. The Bertz CT molecular complexity index is 673. The zero-order valence-electron chi connectivity index (χ0n) is 16.7. The lowest BCUT2D eigenvalue weighted by atomic mass is 9.92. The van der Waals surface area contributed by atoms with Gasteiger partial charge >= 0.3 is 0 Å². The molecular weight excluding hydrogens is 340 g/mol. The number of amides is 2. The van der Waals surface area contributed by atoms with Crippen molar-refractivity contribution in [1.82, 2.24) is 5.32 Å². The standard InChI is InChI=1S/C22H32N2O3/c1-15(2)12-13-27-21-11-7-5-9-18(21)23-22(26)20-14-17-8-4-6-10-19(17)24(20)16(3)25/h4,6,8,10,15,18,20-21H,5,7,9,11-14H2,1-3H3,(H,23,26)/t18?,20-,21?/m0/s1. The van der Waals surface area contributed by atoms with Gasteiger partial charge in [0.25, 0.3) is 0 Å². The number of hydrogen-bond donors (Lipinski definition) is 1. The van der Waals surface area contributed by atoms with E-state index in [1.54, 1.807) is 4.90 Å². The fourth-order valence-corrected chi connectivity index (χ4v) is 4.18. The van der Waals surface area contributed by atoms with Gasteiger partial charge in [0.1, 0.15) is 6.04 Å². The van der Waals surface area contributed by atoms with Gasteiger partial charge < -0.3 is 10.1 Å². The van der Waals surface area contributed by atoms with Crippen molar-refractivity contribution in [3.05, 3.63) is 29.8 Å². The number of benzene rings is 1. The van der Waals surface area contributed by atoms with E-state index < -0.39 is 6.04 Å². The zero-order valence-corrected chi connectivity index (χ0v) is 16.7. The fourth-order valence-electron chi connectivity index (χ4n) is 4.18. The van der Waals surface area contributed by atoms with Crippen LogP contribution < -0.4 is 10.2 Å². The number of nitrogens with one attached hydrogen (secondary N) is 1. The van der Waals surface area contributed by atoms with Gasteiger partial charge in [-0.05, 0) is 36.8 Å². The van der Waals surface area contributed by atoms with Crippen molar-refractivity contribution < 1.29 is 14.3 Å². The van der Waals surface area contributed by atoms with Gasteiger partial charge in [0, 0.05) is 25.6 Å². The predicted molar refractivity (Wildman–Crippen MR) is 107 cm³/mol. The second-order valence-corrected chi connectivity index (χ2v) is 8.23. The summed E-state index contributed by atoms with van der Waals surface area (Å²) in [7, 11) is 0. The van der Waals surface area contributed by atoms with E-state index in [2.05, 4.69) is 19.2 Å². The molecule has 1 aromatic carbocycles. The first-order valence-electron chi connectivity index (χ1n) is 10.3. The van der Waals surface area contributed by atoms with Crippen LogP contribution in [0.4, 0.5) is 5.69 Å². The van der Waals surface area contributed by atoms with Crippen molar-refractivity contribution in [2.45, 2.75) is 77.5 Å². The van der Waals surface area contributed by atoms with Gasteiger partial charge in [-0.2, -0.15) is 0 Å². The van der Waals surface area contributed by atoms with Gasteiger partial charge in [0.15, 0.2) is 0 Å². The maximum absolute atomic E-state index is 13.1. The van der Waals surface area contributed by atoms with Gasteiger partial charge in [-0.15, -0.1) is 0 Å². The lowest BCUT2D eigenvalue weighted by Crippen LogP contribution is -2.54. The molecule has 5 heteroatoms. The topological polar surface area (TPSA) is 58.6 Å². The monoisotopic (exact) mass is 372 g/mol. The molecule has 2 unspecified atom stereocenters. The third-order valence-electron chi connectivity index (χ3n) is 5.68. The van der Waals surface area contributed by atoms with Crippen LogP contribution in [0, 0.1) is 5.92 Å². The van der Waals surface area contributed by atoms with Crippen molar-refractivity contribution in [3.8, 4) is 0 Å². The van der Waals surface area contributed by atoms with Crippen molar-refractivity contribution in [3.63, 3.8) is 0 Å². The molecule has 0 bridgehead atoms. The quantitative estimate of drug-likeness (QED) is 0.832. The van der Waals surface area contributed by atoms with E-state index in [4.69, 9.17) is 4.74 Å². The summed E-state index contributed by atoms with van der Waals surface area (Å²) in [5.74, 6) is 0.460. The molecule has 2 aliphatic rings. The number of carbonyl (C=O) groups excluding carboxylic acids is 2. The second kappa shape index (κ2) is 8.87. The van der Waals surface area contributed by atoms with Crippen LogP contribution >= 0.6 is 0 Å². The highest BCUT2D eigenvalue weighted by atomic mass is 16.5. The Morgan fingerprint density at radius 3 is 2.70 bits per heavy atom. The van der Waals surface area contributed by atoms with Gasteiger partial charge in [-0.25, -0.2) is 0 Å². The van der Waals surface area contributed by atoms with E-state index in [9.17, 15) is 9.59 Å². The Morgan fingerprint density at radius 2 is 1.96 bits per heavy atom. The molecule has 5 nitrogen and oxygen atoms in total. The number of rotatable bonds is 6. The van der Waals surface area contributed by atoms with Crippen LogP contribution in [0.15, 0.2) is 24.3 Å². The molecule has 1 aliphatic carbocycles. The number of ether oxygens (including phenoxy) is 1. The molecule has 0 radical (unpaired) electrons. The van der Waals surface area contributed by atoms with E-state index in [1.807, 2.05) is 24.3 Å². The summed E-state index contributed by atoms with van der Waals surface area (Å²) in [6.45, 7) is 6.65. The molecule has 27 heavy (non-hydrogen) atoms. The van der Waals surface area contributed by atoms with Crippen LogP contribution in [0.2, 0.25) is 0 Å². The van der Waals surface area contributed by atoms with Gasteiger partial charge in [-0.3, -0.25) is 14.5 Å². The smallest absolute Gasteiger partial charge is 0.243 e. The highest BCUT2D eigenvalue weighted by Crippen LogP contribution is 2.32. The maximum atomic E-state index is 13.1. The molecule has 2 amide bonds. The van der Waals surface area contributed by atoms with E-state index in [-0.39, 0.29) is 24.0 Å². The van der Waals surface area contributed by atoms with Crippen LogP contribution in [0.5, 0.6) is 0 Å². The Kier molecular flexibility index (Phi) is 6.53. The average molecular weight is 373 g/mol. The molecule has 148 valence electrons. The highest BCUT2D eigenvalue weighted by molar-refractivity contribution is 6.02. The largest absolute Gasteiger partial charge is 0.376 e. The fraction of sp³-hybridized carbons (Fsp3) is 0.636. The van der Waals surface area contributed by atoms with E-state index >= 15 is 0 Å². The Labute approximate surface area is 162 Å². The Morgan fingerprint density at radius 1 is 1.22 bits per heavy atom. The molecule has 1 saturated carbocycles. The van der Waals surface area contributed by atoms with Crippen LogP contribution in [0.3, 0.4) is 0 Å². The van der Waals surface area contributed by atoms with Crippen molar-refractivity contribution in [1.29, 1.82) is 0 Å². The maximum Gasteiger partial charge on any atom is 0.243 e. The number of fused-ring (bicyclic) bond motifs is 1. The first-order chi connectivity index (χ1) is 13.0. The third kappa shape index (κ3) is 4.70. The van der Waals surface area contributed by atoms with E-state index in [1.165, 1.54) is 6.92 Å². The highest BCUT2D eigenvalue weighted by Gasteiger charge is 2.38. The van der Waals surface area contributed by atoms with Crippen molar-refractivity contribution >= 4 is 17.5 Å². The van der Waals surface area contributed by atoms with E-state index in [0.717, 1.165) is 50.0 Å². The van der Waals surface area contributed by atoms with Crippen LogP contribution in [0.1, 0.15) is 58.4 Å². The molecule has 1 aromatic rings. The molecule has 0 saturated heterocycles. The number of nitrogens with zero attached hydrogens (tertiary/aromatic N) is 1. The lowest BCUT2D eigenvalue weighted by Gasteiger charge is -2.34. The summed E-state index contributed by atoms with van der Waals surface area (Å²) in [4.78, 5) is 26.9. The SMILES string of the molecule is CC(=O)N1c2ccccc2C[C@H]1C(=O)NC1CCCCC1OCCC(C)C. The second-order valence-electron chi connectivity index (χ2n) is 8.23. The van der Waals surface area contributed by atoms with Crippen molar-refractivity contribution in [2.24, 2.45) is 5.92 Å². The molecule has 1 N–H and O–H groups in total. The van der Waals surface area contributed by atoms with Gasteiger partial charge in [0.2, 0.25) is 11.8 Å². The van der Waals surface area contributed by atoms with Crippen molar-refractivity contribution in [2.75, 3.05) is 11.5 Å². The van der Waals surface area contributed by atoms with Crippen LogP contribution in [0.25, 0.3) is 0 Å². The molecule has 3 atom stereocenters. The number of anilines is 1. The summed E-state index contributed by atoms with van der Waals surface area (Å²) in [6, 6.07) is 7.36. The van der Waals surface area contributed by atoms with Gasteiger partial charge in [-0.1, -0.05) is 44.9 Å². The average Bonchev–Trinajstić information content (AvgIpc) is 3.03. The number of carbonyl (C=O) groups is 2. The molecule has 0 aromatic heterocycles. The first kappa shape index (κ1) is 19.9. The minimum absolute atomic E-state index is 0.0379. The summed E-state index contributed by atoms with van der Waals surface area (Å²) in [5, 5.41) is 3.21. The summed E-state index contributed by atoms with van der Waals surface area (Å²) < 4.78 is 6.11. The minimum atomic E-state index is -0.460. The summed E-state index contributed by atoms with van der Waals surface area (Å²) in [6.07, 6.45) is 5.88. The Hall–Kier alpha value is -1.88. The molecule has 1 heterocycles. The normalized spacial score (nSPS) is 24.7. The molecular formula is C22H32N2O3. The molecule has 3 rings (SSSR count). The van der Waals surface area contributed by atoms with Crippen LogP contribution in [-0.4, -0.2) is 36.6 Å². The third-order valence-corrected chi connectivity index (χ3v) is 5.68. The summed E-state index contributed by atoms with van der Waals surface area (Å²) >= 11 is 0. The van der Waals surface area contributed by atoms with E-state index in [0.29, 0.717) is 12.3 Å². The Balaban J connectivity index is 1.65.